The van der Waals surface area contributed by atoms with Crippen LogP contribution in [0, 0.1) is 17.2 Å². The number of oxime groups is 1. The monoisotopic (exact) mass is 357 g/mol. The topological polar surface area (TPSA) is 85.9 Å². The second kappa shape index (κ2) is 9.93. The van der Waals surface area contributed by atoms with E-state index in [1.165, 1.54) is 0 Å². The van der Waals surface area contributed by atoms with E-state index in [2.05, 4.69) is 23.0 Å². The second-order valence-electron chi connectivity index (χ2n) is 6.99. The van der Waals surface area contributed by atoms with Crippen LogP contribution in [-0.4, -0.2) is 48.4 Å². The molecule has 26 heavy (non-hydrogen) atoms. The zero-order valence-corrected chi connectivity index (χ0v) is 15.3. The molecule has 0 bridgehead atoms. The van der Waals surface area contributed by atoms with E-state index in [-0.39, 0.29) is 11.3 Å². The molecule has 2 atom stereocenters. The average molecular weight is 357 g/mol. The van der Waals surface area contributed by atoms with Crippen molar-refractivity contribution in [1.82, 2.24) is 4.90 Å². The van der Waals surface area contributed by atoms with E-state index in [4.69, 9.17) is 15.2 Å². The van der Waals surface area contributed by atoms with Crippen LogP contribution in [0.2, 0.25) is 0 Å². The molecule has 1 aromatic rings. The Kier molecular flexibility index (Phi) is 7.61. The molecule has 1 aromatic carbocycles. The van der Waals surface area contributed by atoms with Crippen LogP contribution >= 0.6 is 0 Å². The standard InChI is InChI=1S/C20H27N3O3/c1-20(10-6-11-21,18-8-3-2-4-9-18)16-22-26-14-13-23-12-5-7-17(15-23)19(24)25/h2-4,8-9,16-17H,5-7,10,12-15H2,1H3,(H,24,25)/b22-16+. The molecule has 140 valence electrons. The Labute approximate surface area is 155 Å². The molecular weight excluding hydrogens is 330 g/mol. The highest BCUT2D eigenvalue weighted by atomic mass is 16.6. The van der Waals surface area contributed by atoms with Crippen molar-refractivity contribution in [3.05, 3.63) is 35.9 Å². The van der Waals surface area contributed by atoms with Crippen molar-refractivity contribution in [3.63, 3.8) is 0 Å². The molecule has 6 heteroatoms. The molecule has 0 amide bonds. The Balaban J connectivity index is 1.85. The van der Waals surface area contributed by atoms with Crippen molar-refractivity contribution in [2.45, 2.75) is 38.0 Å². The van der Waals surface area contributed by atoms with Gasteiger partial charge in [0.25, 0.3) is 0 Å². The number of benzene rings is 1. The van der Waals surface area contributed by atoms with Gasteiger partial charge in [0.1, 0.15) is 6.61 Å². The predicted octanol–water partition coefficient (Wildman–Crippen LogP) is 3.05. The van der Waals surface area contributed by atoms with Gasteiger partial charge in [-0.1, -0.05) is 42.4 Å². The summed E-state index contributed by atoms with van der Waals surface area (Å²) in [5.41, 5.74) is 0.749. The van der Waals surface area contributed by atoms with Crippen LogP contribution in [0.3, 0.4) is 0 Å². The number of nitriles is 1. The molecule has 1 aliphatic rings. The molecular formula is C20H27N3O3. The van der Waals surface area contributed by atoms with Gasteiger partial charge in [-0.25, -0.2) is 0 Å². The quantitative estimate of drug-likeness (QED) is 0.417. The summed E-state index contributed by atoms with van der Waals surface area (Å²) in [6.07, 6.45) is 4.55. The summed E-state index contributed by atoms with van der Waals surface area (Å²) in [5.74, 6) is -0.996. The van der Waals surface area contributed by atoms with E-state index >= 15 is 0 Å². The molecule has 0 aliphatic carbocycles. The zero-order chi connectivity index (χ0) is 18.8. The Morgan fingerprint density at radius 3 is 2.96 bits per heavy atom. The lowest BCUT2D eigenvalue weighted by molar-refractivity contribution is -0.143. The largest absolute Gasteiger partial charge is 0.481 e. The third kappa shape index (κ3) is 5.85. The van der Waals surface area contributed by atoms with Gasteiger partial charge < -0.3 is 9.94 Å². The van der Waals surface area contributed by atoms with Gasteiger partial charge in [-0.3, -0.25) is 9.69 Å². The van der Waals surface area contributed by atoms with E-state index in [1.807, 2.05) is 30.3 Å². The van der Waals surface area contributed by atoms with Crippen LogP contribution in [-0.2, 0) is 15.0 Å². The Morgan fingerprint density at radius 2 is 2.27 bits per heavy atom. The fraction of sp³-hybridized carbons (Fsp3) is 0.550. The van der Waals surface area contributed by atoms with Crippen molar-refractivity contribution in [2.24, 2.45) is 11.1 Å². The summed E-state index contributed by atoms with van der Waals surface area (Å²) in [5, 5.41) is 22.2. The lowest BCUT2D eigenvalue weighted by atomic mass is 9.80. The molecule has 1 heterocycles. The fourth-order valence-corrected chi connectivity index (χ4v) is 3.25. The first-order valence-corrected chi connectivity index (χ1v) is 9.09. The molecule has 1 N–H and O–H groups in total. The number of likely N-dealkylation sites (tertiary alicyclic amines) is 1. The van der Waals surface area contributed by atoms with Gasteiger partial charge in [0.05, 0.1) is 18.2 Å². The number of rotatable bonds is 9. The van der Waals surface area contributed by atoms with Gasteiger partial charge in [0.2, 0.25) is 0 Å². The Morgan fingerprint density at radius 1 is 1.50 bits per heavy atom. The average Bonchev–Trinajstić information content (AvgIpc) is 2.67. The molecule has 0 radical (unpaired) electrons. The first-order chi connectivity index (χ1) is 12.5. The van der Waals surface area contributed by atoms with E-state index in [1.54, 1.807) is 6.21 Å². The summed E-state index contributed by atoms with van der Waals surface area (Å²) >= 11 is 0. The minimum absolute atomic E-state index is 0.278. The molecule has 0 aromatic heterocycles. The first kappa shape index (κ1) is 19.9. The Bertz CT molecular complexity index is 641. The number of carbonyl (C=O) groups is 1. The minimum Gasteiger partial charge on any atom is -0.481 e. The zero-order valence-electron chi connectivity index (χ0n) is 15.3. The molecule has 1 saturated heterocycles. The van der Waals surface area contributed by atoms with Crippen molar-refractivity contribution in [1.29, 1.82) is 5.26 Å². The number of carboxylic acid groups (broad SMARTS) is 1. The van der Waals surface area contributed by atoms with Crippen molar-refractivity contribution in [2.75, 3.05) is 26.2 Å². The molecule has 2 unspecified atom stereocenters. The SMILES string of the molecule is CC(/C=N/OCCN1CCCC(C(=O)O)C1)(CCC#N)c1ccccc1. The van der Waals surface area contributed by atoms with E-state index in [0.29, 0.717) is 32.5 Å². The number of hydrogen-bond donors (Lipinski definition) is 1. The normalized spacial score (nSPS) is 20.4. The van der Waals surface area contributed by atoms with E-state index in [0.717, 1.165) is 24.9 Å². The second-order valence-corrected chi connectivity index (χ2v) is 6.99. The maximum absolute atomic E-state index is 11.1. The van der Waals surface area contributed by atoms with Gasteiger partial charge in [-0.2, -0.15) is 5.26 Å². The molecule has 0 saturated carbocycles. The minimum atomic E-state index is -0.718. The number of aliphatic carboxylic acids is 1. The summed E-state index contributed by atoms with van der Waals surface area (Å²) in [6.45, 7) is 4.62. The predicted molar refractivity (Wildman–Crippen MR) is 99.9 cm³/mol. The summed E-state index contributed by atoms with van der Waals surface area (Å²) in [6, 6.07) is 12.2. The van der Waals surface area contributed by atoms with Crippen LogP contribution in [0.15, 0.2) is 35.5 Å². The number of nitrogens with zero attached hydrogens (tertiary/aromatic N) is 3. The van der Waals surface area contributed by atoms with Gasteiger partial charge in [0.15, 0.2) is 0 Å². The van der Waals surface area contributed by atoms with E-state index < -0.39 is 5.97 Å². The number of piperidine rings is 1. The molecule has 0 spiro atoms. The summed E-state index contributed by atoms with van der Waals surface area (Å²) in [7, 11) is 0. The molecule has 2 rings (SSSR count). The van der Waals surface area contributed by atoms with Crippen LogP contribution < -0.4 is 0 Å². The van der Waals surface area contributed by atoms with Gasteiger partial charge in [-0.15, -0.1) is 0 Å². The Hall–Kier alpha value is -2.39. The van der Waals surface area contributed by atoms with Crippen LogP contribution in [0.1, 0.15) is 38.2 Å². The summed E-state index contributed by atoms with van der Waals surface area (Å²) in [4.78, 5) is 18.6. The van der Waals surface area contributed by atoms with Gasteiger partial charge >= 0.3 is 5.97 Å². The third-order valence-electron chi connectivity index (χ3n) is 4.96. The van der Waals surface area contributed by atoms with Crippen LogP contribution in [0.5, 0.6) is 0 Å². The number of hydrogen-bond acceptors (Lipinski definition) is 5. The van der Waals surface area contributed by atoms with Crippen molar-refractivity contribution in [3.8, 4) is 6.07 Å². The number of carboxylic acids is 1. The van der Waals surface area contributed by atoms with Crippen LogP contribution in [0.25, 0.3) is 0 Å². The highest BCUT2D eigenvalue weighted by molar-refractivity contribution is 5.72. The molecule has 6 nitrogen and oxygen atoms in total. The highest BCUT2D eigenvalue weighted by Crippen LogP contribution is 2.27. The third-order valence-corrected chi connectivity index (χ3v) is 4.96. The molecule has 1 aliphatic heterocycles. The lowest BCUT2D eigenvalue weighted by Gasteiger charge is -2.30. The summed E-state index contributed by atoms with van der Waals surface area (Å²) < 4.78 is 0. The lowest BCUT2D eigenvalue weighted by Crippen LogP contribution is -2.40. The van der Waals surface area contributed by atoms with Gasteiger partial charge in [0, 0.05) is 24.9 Å². The smallest absolute Gasteiger partial charge is 0.307 e. The van der Waals surface area contributed by atoms with Crippen LogP contribution in [0.4, 0.5) is 0 Å². The highest BCUT2D eigenvalue weighted by Gasteiger charge is 2.26. The van der Waals surface area contributed by atoms with Crippen molar-refractivity contribution >= 4 is 12.2 Å². The fourth-order valence-electron chi connectivity index (χ4n) is 3.25. The molecule has 1 fully saturated rings. The van der Waals surface area contributed by atoms with Gasteiger partial charge in [-0.05, 0) is 31.4 Å². The maximum atomic E-state index is 11.1. The maximum Gasteiger partial charge on any atom is 0.307 e. The first-order valence-electron chi connectivity index (χ1n) is 9.09. The van der Waals surface area contributed by atoms with E-state index in [9.17, 15) is 4.79 Å². The van der Waals surface area contributed by atoms with Crippen molar-refractivity contribution < 1.29 is 14.7 Å².